The topological polar surface area (TPSA) is 70.1 Å². The Morgan fingerprint density at radius 1 is 1.14 bits per heavy atom. The standard InChI is InChI=1S/C22H36N2O4/c1-7-13-24(21(27)28-22(4,5)6)19(14-17(2)3)16-23(20(25)26)15-18-11-9-8-10-12-18/h8-12,17,19H,7,13-16H2,1-6H3,(H,25,26)/t19-/m0/s1. The average molecular weight is 393 g/mol. The van der Waals surface area contributed by atoms with E-state index in [1.807, 2.05) is 58.0 Å². The lowest BCUT2D eigenvalue weighted by molar-refractivity contribution is 0.00944. The smallest absolute Gasteiger partial charge is 0.410 e. The summed E-state index contributed by atoms with van der Waals surface area (Å²) in [5.41, 5.74) is 0.328. The lowest BCUT2D eigenvalue weighted by Crippen LogP contribution is -2.50. The van der Waals surface area contributed by atoms with E-state index >= 15 is 0 Å². The number of benzene rings is 1. The molecule has 0 aromatic heterocycles. The molecule has 158 valence electrons. The monoisotopic (exact) mass is 392 g/mol. The Hall–Kier alpha value is -2.24. The van der Waals surface area contributed by atoms with Crippen molar-refractivity contribution in [2.24, 2.45) is 5.92 Å². The van der Waals surface area contributed by atoms with Gasteiger partial charge in [0.2, 0.25) is 0 Å². The number of carbonyl (C=O) groups is 2. The third-order valence-corrected chi connectivity index (χ3v) is 4.19. The molecule has 2 amide bonds. The van der Waals surface area contributed by atoms with Crippen LogP contribution in [-0.4, -0.2) is 51.8 Å². The summed E-state index contributed by atoms with van der Waals surface area (Å²) < 4.78 is 5.60. The van der Waals surface area contributed by atoms with Crippen molar-refractivity contribution in [1.82, 2.24) is 9.80 Å². The molecule has 0 aliphatic heterocycles. The minimum absolute atomic E-state index is 0.241. The van der Waals surface area contributed by atoms with Gasteiger partial charge in [-0.15, -0.1) is 0 Å². The van der Waals surface area contributed by atoms with Gasteiger partial charge in [0.1, 0.15) is 5.60 Å². The molecule has 0 aliphatic rings. The van der Waals surface area contributed by atoms with Gasteiger partial charge in [-0.25, -0.2) is 9.59 Å². The van der Waals surface area contributed by atoms with Crippen LogP contribution in [0.5, 0.6) is 0 Å². The zero-order valence-electron chi connectivity index (χ0n) is 18.1. The molecule has 1 aromatic carbocycles. The van der Waals surface area contributed by atoms with Gasteiger partial charge in [0.05, 0.1) is 6.04 Å². The number of carbonyl (C=O) groups excluding carboxylic acids is 1. The fourth-order valence-corrected chi connectivity index (χ4v) is 3.10. The van der Waals surface area contributed by atoms with Gasteiger partial charge in [0.25, 0.3) is 0 Å². The highest BCUT2D eigenvalue weighted by molar-refractivity contribution is 5.69. The van der Waals surface area contributed by atoms with Crippen molar-refractivity contribution in [2.45, 2.75) is 72.6 Å². The molecule has 1 aromatic rings. The van der Waals surface area contributed by atoms with Crippen LogP contribution in [0, 0.1) is 5.92 Å². The summed E-state index contributed by atoms with van der Waals surface area (Å²) in [7, 11) is 0. The number of hydrogen-bond donors (Lipinski definition) is 1. The van der Waals surface area contributed by atoms with Gasteiger partial charge in [-0.05, 0) is 45.1 Å². The predicted molar refractivity (Wildman–Crippen MR) is 111 cm³/mol. The summed E-state index contributed by atoms with van der Waals surface area (Å²) in [6.07, 6.45) is 0.112. The van der Waals surface area contributed by atoms with Crippen LogP contribution in [0.4, 0.5) is 9.59 Å². The molecule has 0 fully saturated rings. The molecule has 6 nitrogen and oxygen atoms in total. The van der Waals surface area contributed by atoms with Gasteiger partial charge in [-0.3, -0.25) is 0 Å². The first-order chi connectivity index (χ1) is 13.0. The quantitative estimate of drug-likeness (QED) is 0.625. The van der Waals surface area contributed by atoms with E-state index in [0.717, 1.165) is 12.0 Å². The van der Waals surface area contributed by atoms with E-state index < -0.39 is 11.7 Å². The van der Waals surface area contributed by atoms with E-state index in [1.165, 1.54) is 4.90 Å². The van der Waals surface area contributed by atoms with Crippen molar-refractivity contribution >= 4 is 12.2 Å². The molecule has 0 heterocycles. The maximum atomic E-state index is 12.8. The van der Waals surface area contributed by atoms with Crippen molar-refractivity contribution in [2.75, 3.05) is 13.1 Å². The Labute approximate surface area is 169 Å². The predicted octanol–water partition coefficient (Wildman–Crippen LogP) is 5.23. The van der Waals surface area contributed by atoms with Crippen LogP contribution in [0.1, 0.15) is 59.9 Å². The number of ether oxygens (including phenoxy) is 1. The van der Waals surface area contributed by atoms with E-state index in [9.17, 15) is 14.7 Å². The lowest BCUT2D eigenvalue weighted by Gasteiger charge is -2.36. The van der Waals surface area contributed by atoms with Crippen molar-refractivity contribution in [3.05, 3.63) is 35.9 Å². The van der Waals surface area contributed by atoms with E-state index in [0.29, 0.717) is 25.4 Å². The second-order valence-electron chi connectivity index (χ2n) is 8.61. The first-order valence-electron chi connectivity index (χ1n) is 10.0. The summed E-state index contributed by atoms with van der Waals surface area (Å²) in [4.78, 5) is 27.8. The maximum absolute atomic E-state index is 12.8. The van der Waals surface area contributed by atoms with Crippen molar-refractivity contribution in [1.29, 1.82) is 0 Å². The van der Waals surface area contributed by atoms with Gasteiger partial charge in [0, 0.05) is 19.6 Å². The summed E-state index contributed by atoms with van der Waals surface area (Å²) in [6, 6.07) is 9.27. The van der Waals surface area contributed by atoms with Crippen LogP contribution in [0.25, 0.3) is 0 Å². The Kier molecular flexibility index (Phi) is 9.29. The second kappa shape index (κ2) is 10.9. The molecule has 0 saturated carbocycles. The Morgan fingerprint density at radius 3 is 2.21 bits per heavy atom. The highest BCUT2D eigenvalue weighted by Gasteiger charge is 2.31. The molecule has 0 unspecified atom stereocenters. The van der Waals surface area contributed by atoms with Crippen LogP contribution < -0.4 is 0 Å². The molecular formula is C22H36N2O4. The van der Waals surface area contributed by atoms with Crippen LogP contribution >= 0.6 is 0 Å². The van der Waals surface area contributed by atoms with E-state index in [2.05, 4.69) is 13.8 Å². The molecule has 0 bridgehead atoms. The molecule has 0 aliphatic carbocycles. The molecular weight excluding hydrogens is 356 g/mol. The van der Waals surface area contributed by atoms with Crippen LogP contribution in [0.2, 0.25) is 0 Å². The Bertz CT molecular complexity index is 611. The lowest BCUT2D eigenvalue weighted by atomic mass is 10.0. The second-order valence-corrected chi connectivity index (χ2v) is 8.61. The molecule has 28 heavy (non-hydrogen) atoms. The average Bonchev–Trinajstić information content (AvgIpc) is 2.57. The number of amides is 2. The normalized spacial score (nSPS) is 12.5. The fourth-order valence-electron chi connectivity index (χ4n) is 3.10. The summed E-state index contributed by atoms with van der Waals surface area (Å²) >= 11 is 0. The maximum Gasteiger partial charge on any atom is 0.410 e. The number of rotatable bonds is 9. The number of nitrogens with zero attached hydrogens (tertiary/aromatic N) is 2. The minimum Gasteiger partial charge on any atom is -0.465 e. The molecule has 0 spiro atoms. The van der Waals surface area contributed by atoms with Crippen LogP contribution in [-0.2, 0) is 11.3 Å². The zero-order valence-corrected chi connectivity index (χ0v) is 18.1. The molecule has 1 N–H and O–H groups in total. The number of carboxylic acid groups (broad SMARTS) is 1. The first kappa shape index (κ1) is 23.8. The zero-order chi connectivity index (χ0) is 21.3. The van der Waals surface area contributed by atoms with Gasteiger partial charge >= 0.3 is 12.2 Å². The van der Waals surface area contributed by atoms with Crippen molar-refractivity contribution in [3.8, 4) is 0 Å². The van der Waals surface area contributed by atoms with Gasteiger partial charge < -0.3 is 19.6 Å². The summed E-state index contributed by atoms with van der Waals surface area (Å²) in [6.45, 7) is 12.7. The van der Waals surface area contributed by atoms with Crippen LogP contribution in [0.15, 0.2) is 30.3 Å². The first-order valence-corrected chi connectivity index (χ1v) is 10.0. The number of hydrogen-bond acceptors (Lipinski definition) is 3. The third-order valence-electron chi connectivity index (χ3n) is 4.19. The SMILES string of the molecule is CCCN(C(=O)OC(C)(C)C)[C@@H](CC(C)C)CN(Cc1ccccc1)C(=O)O. The highest BCUT2D eigenvalue weighted by Crippen LogP contribution is 2.19. The largest absolute Gasteiger partial charge is 0.465 e. The minimum atomic E-state index is -0.988. The molecule has 1 atom stereocenters. The summed E-state index contributed by atoms with van der Waals surface area (Å²) in [5, 5.41) is 9.75. The fraction of sp³-hybridized carbons (Fsp3) is 0.636. The molecule has 0 radical (unpaired) electrons. The Balaban J connectivity index is 3.06. The van der Waals surface area contributed by atoms with E-state index in [1.54, 1.807) is 4.90 Å². The van der Waals surface area contributed by atoms with E-state index in [4.69, 9.17) is 4.74 Å². The molecule has 0 saturated heterocycles. The van der Waals surface area contributed by atoms with Gasteiger partial charge in [-0.1, -0.05) is 51.1 Å². The van der Waals surface area contributed by atoms with E-state index in [-0.39, 0.29) is 18.7 Å². The van der Waals surface area contributed by atoms with Gasteiger partial charge in [-0.2, -0.15) is 0 Å². The van der Waals surface area contributed by atoms with Crippen LogP contribution in [0.3, 0.4) is 0 Å². The molecule has 1 rings (SSSR count). The Morgan fingerprint density at radius 2 is 1.75 bits per heavy atom. The van der Waals surface area contributed by atoms with Crippen molar-refractivity contribution in [3.63, 3.8) is 0 Å². The summed E-state index contributed by atoms with van der Waals surface area (Å²) in [5.74, 6) is 0.319. The third kappa shape index (κ3) is 8.63. The highest BCUT2D eigenvalue weighted by atomic mass is 16.6. The molecule has 6 heteroatoms. The van der Waals surface area contributed by atoms with Gasteiger partial charge in [0.15, 0.2) is 0 Å². The van der Waals surface area contributed by atoms with Crippen molar-refractivity contribution < 1.29 is 19.4 Å².